The zero-order valence-electron chi connectivity index (χ0n) is 8.68. The summed E-state index contributed by atoms with van der Waals surface area (Å²) >= 11 is 1.42. The molecule has 1 aliphatic rings. The fourth-order valence-electron chi connectivity index (χ4n) is 1.49. The van der Waals surface area contributed by atoms with Gasteiger partial charge in [0.1, 0.15) is 5.78 Å². The second-order valence-electron chi connectivity index (χ2n) is 3.62. The number of aromatic nitrogens is 1. The first-order chi connectivity index (χ1) is 7.75. The van der Waals surface area contributed by atoms with Crippen molar-refractivity contribution in [1.82, 2.24) is 10.3 Å². The van der Waals surface area contributed by atoms with Gasteiger partial charge in [-0.1, -0.05) is 0 Å². The molecule has 1 saturated heterocycles. The van der Waals surface area contributed by atoms with Crippen LogP contribution in [0.3, 0.4) is 0 Å². The molecule has 16 heavy (non-hydrogen) atoms. The minimum Gasteiger partial charge on any atom is -0.351 e. The second kappa shape index (κ2) is 5.12. The Morgan fingerprint density at radius 3 is 2.88 bits per heavy atom. The average molecular weight is 236 g/mol. The number of hydrogen-bond donors (Lipinski definition) is 1. The maximum atomic E-state index is 11.7. The van der Waals surface area contributed by atoms with Gasteiger partial charge in [-0.3, -0.25) is 14.6 Å². The molecule has 1 aromatic rings. The molecule has 0 aliphatic carbocycles. The summed E-state index contributed by atoms with van der Waals surface area (Å²) in [5.41, 5.74) is 1.01. The van der Waals surface area contributed by atoms with Crippen molar-refractivity contribution in [2.45, 2.75) is 18.2 Å². The van der Waals surface area contributed by atoms with E-state index in [2.05, 4.69) is 10.3 Å². The highest BCUT2D eigenvalue weighted by molar-refractivity contribution is 8.01. The molecule has 4 nitrogen and oxygen atoms in total. The Kier molecular flexibility index (Phi) is 3.56. The van der Waals surface area contributed by atoms with Gasteiger partial charge in [-0.05, 0) is 17.7 Å². The molecule has 1 N–H and O–H groups in total. The standard InChI is InChI=1S/C11H12N2O2S/c14-9-5-10(16-7-9)11(15)13-6-8-1-3-12-4-2-8/h1-4,10H,5-7H2,(H,13,15). The summed E-state index contributed by atoms with van der Waals surface area (Å²) in [4.78, 5) is 26.6. The third-order valence-electron chi connectivity index (χ3n) is 2.37. The van der Waals surface area contributed by atoms with E-state index in [1.165, 1.54) is 11.8 Å². The van der Waals surface area contributed by atoms with E-state index in [1.807, 2.05) is 12.1 Å². The normalized spacial score (nSPS) is 19.8. The van der Waals surface area contributed by atoms with Gasteiger partial charge < -0.3 is 5.32 Å². The van der Waals surface area contributed by atoms with Gasteiger partial charge >= 0.3 is 0 Å². The highest BCUT2D eigenvalue weighted by Gasteiger charge is 2.28. The molecular formula is C11H12N2O2S. The predicted molar refractivity (Wildman–Crippen MR) is 62.0 cm³/mol. The van der Waals surface area contributed by atoms with Crippen molar-refractivity contribution in [3.05, 3.63) is 30.1 Å². The van der Waals surface area contributed by atoms with E-state index in [4.69, 9.17) is 0 Å². The summed E-state index contributed by atoms with van der Waals surface area (Å²) < 4.78 is 0. The van der Waals surface area contributed by atoms with E-state index in [0.29, 0.717) is 18.7 Å². The van der Waals surface area contributed by atoms with E-state index in [0.717, 1.165) is 5.56 Å². The smallest absolute Gasteiger partial charge is 0.233 e. The summed E-state index contributed by atoms with van der Waals surface area (Å²) in [5.74, 6) is 0.578. The molecule has 0 aromatic carbocycles. The minimum absolute atomic E-state index is 0.0485. The molecule has 0 spiro atoms. The first-order valence-electron chi connectivity index (χ1n) is 5.05. The van der Waals surface area contributed by atoms with Crippen molar-refractivity contribution in [2.75, 3.05) is 5.75 Å². The van der Waals surface area contributed by atoms with Crippen molar-refractivity contribution in [2.24, 2.45) is 0 Å². The average Bonchev–Trinajstić information content (AvgIpc) is 2.74. The van der Waals surface area contributed by atoms with E-state index >= 15 is 0 Å². The second-order valence-corrected chi connectivity index (χ2v) is 4.81. The lowest BCUT2D eigenvalue weighted by molar-refractivity contribution is -0.123. The predicted octanol–water partition coefficient (Wildman–Crippen LogP) is 0.772. The number of amides is 1. The molecule has 84 valence electrons. The summed E-state index contributed by atoms with van der Waals surface area (Å²) in [6.45, 7) is 0.493. The van der Waals surface area contributed by atoms with Crippen LogP contribution in [0.15, 0.2) is 24.5 Å². The van der Waals surface area contributed by atoms with Crippen LogP contribution in [0.5, 0.6) is 0 Å². The Balaban J connectivity index is 1.82. The summed E-state index contributed by atoms with van der Waals surface area (Å²) in [6.07, 6.45) is 3.75. The monoisotopic (exact) mass is 236 g/mol. The number of Topliss-reactive ketones (excluding diaryl/α,β-unsaturated/α-hetero) is 1. The van der Waals surface area contributed by atoms with Crippen LogP contribution in [0.2, 0.25) is 0 Å². The summed E-state index contributed by atoms with van der Waals surface area (Å²) in [5, 5.41) is 2.62. The zero-order valence-corrected chi connectivity index (χ0v) is 9.50. The van der Waals surface area contributed by atoms with Crippen LogP contribution in [0.1, 0.15) is 12.0 Å². The number of rotatable bonds is 3. The van der Waals surface area contributed by atoms with E-state index in [-0.39, 0.29) is 16.9 Å². The Labute approximate surface area is 97.8 Å². The summed E-state index contributed by atoms with van der Waals surface area (Å²) in [7, 11) is 0. The first-order valence-corrected chi connectivity index (χ1v) is 6.10. The molecular weight excluding hydrogens is 224 g/mol. The lowest BCUT2D eigenvalue weighted by atomic mass is 10.2. The lowest BCUT2D eigenvalue weighted by Crippen LogP contribution is -2.31. The fourth-order valence-corrected chi connectivity index (χ4v) is 2.53. The first kappa shape index (κ1) is 11.1. The van der Waals surface area contributed by atoms with Gasteiger partial charge in [0.15, 0.2) is 0 Å². The molecule has 2 rings (SSSR count). The maximum Gasteiger partial charge on any atom is 0.233 e. The van der Waals surface area contributed by atoms with Crippen LogP contribution >= 0.6 is 11.8 Å². The van der Waals surface area contributed by atoms with Crippen molar-refractivity contribution >= 4 is 23.5 Å². The van der Waals surface area contributed by atoms with Gasteiger partial charge in [0.25, 0.3) is 0 Å². The van der Waals surface area contributed by atoms with Crippen molar-refractivity contribution in [1.29, 1.82) is 0 Å². The number of carbonyl (C=O) groups excluding carboxylic acids is 2. The quantitative estimate of drug-likeness (QED) is 0.842. The van der Waals surface area contributed by atoms with Crippen molar-refractivity contribution in [3.63, 3.8) is 0 Å². The maximum absolute atomic E-state index is 11.7. The summed E-state index contributed by atoms with van der Waals surface area (Å²) in [6, 6.07) is 3.71. The minimum atomic E-state index is -0.200. The molecule has 2 heterocycles. The van der Waals surface area contributed by atoms with E-state index in [9.17, 15) is 9.59 Å². The van der Waals surface area contributed by atoms with Crippen LogP contribution in [-0.2, 0) is 16.1 Å². The van der Waals surface area contributed by atoms with Gasteiger partial charge in [-0.25, -0.2) is 0 Å². The Morgan fingerprint density at radius 1 is 1.50 bits per heavy atom. The van der Waals surface area contributed by atoms with Crippen LogP contribution in [0.4, 0.5) is 0 Å². The molecule has 1 unspecified atom stereocenters. The number of hydrogen-bond acceptors (Lipinski definition) is 4. The van der Waals surface area contributed by atoms with Crippen LogP contribution in [0, 0.1) is 0 Å². The largest absolute Gasteiger partial charge is 0.351 e. The Bertz CT molecular complexity index is 394. The van der Waals surface area contributed by atoms with Crippen LogP contribution in [-0.4, -0.2) is 27.7 Å². The zero-order chi connectivity index (χ0) is 11.4. The highest BCUT2D eigenvalue weighted by atomic mass is 32.2. The fraction of sp³-hybridized carbons (Fsp3) is 0.364. The number of nitrogens with zero attached hydrogens (tertiary/aromatic N) is 1. The van der Waals surface area contributed by atoms with Gasteiger partial charge in [0.05, 0.1) is 11.0 Å². The molecule has 1 fully saturated rings. The SMILES string of the molecule is O=C1CSC(C(=O)NCc2ccncc2)C1. The molecule has 0 radical (unpaired) electrons. The number of thioether (sulfide) groups is 1. The van der Waals surface area contributed by atoms with Gasteiger partial charge in [-0.2, -0.15) is 0 Å². The number of pyridine rings is 1. The number of nitrogens with one attached hydrogen (secondary N) is 1. The lowest BCUT2D eigenvalue weighted by Gasteiger charge is -2.08. The molecule has 0 bridgehead atoms. The van der Waals surface area contributed by atoms with Crippen molar-refractivity contribution < 1.29 is 9.59 Å². The third kappa shape index (κ3) is 2.82. The van der Waals surface area contributed by atoms with Crippen LogP contribution in [0.25, 0.3) is 0 Å². The molecule has 1 amide bonds. The molecule has 1 aliphatic heterocycles. The third-order valence-corrected chi connectivity index (χ3v) is 3.64. The van der Waals surface area contributed by atoms with Gasteiger partial charge in [0.2, 0.25) is 5.91 Å². The highest BCUT2D eigenvalue weighted by Crippen LogP contribution is 2.23. The number of ketones is 1. The Hall–Kier alpha value is -1.36. The van der Waals surface area contributed by atoms with Crippen molar-refractivity contribution in [3.8, 4) is 0 Å². The molecule has 1 atom stereocenters. The van der Waals surface area contributed by atoms with Crippen LogP contribution < -0.4 is 5.32 Å². The topological polar surface area (TPSA) is 59.1 Å². The molecule has 1 aromatic heterocycles. The van der Waals surface area contributed by atoms with E-state index < -0.39 is 0 Å². The molecule has 5 heteroatoms. The van der Waals surface area contributed by atoms with Gasteiger partial charge in [-0.15, -0.1) is 11.8 Å². The Morgan fingerprint density at radius 2 is 2.25 bits per heavy atom. The number of carbonyl (C=O) groups is 2. The van der Waals surface area contributed by atoms with Gasteiger partial charge in [0, 0.05) is 25.4 Å². The molecule has 0 saturated carbocycles. The van der Waals surface area contributed by atoms with E-state index in [1.54, 1.807) is 12.4 Å².